The summed E-state index contributed by atoms with van der Waals surface area (Å²) in [6, 6.07) is 5.25. The Morgan fingerprint density at radius 3 is 2.75 bits per heavy atom. The minimum Gasteiger partial charge on any atom is -0.311 e. The maximum atomic E-state index is 12.0. The molecule has 1 aromatic carbocycles. The molecule has 0 radical (unpaired) electrons. The zero-order chi connectivity index (χ0) is 14.9. The lowest BCUT2D eigenvalue weighted by Crippen LogP contribution is -2.34. The summed E-state index contributed by atoms with van der Waals surface area (Å²) in [6.07, 6.45) is 0. The first-order valence-electron chi connectivity index (χ1n) is 6.46. The Hall–Kier alpha value is -1.65. The van der Waals surface area contributed by atoms with Crippen LogP contribution < -0.4 is 10.2 Å². The molecule has 0 unspecified atom stereocenters. The van der Waals surface area contributed by atoms with Crippen LogP contribution in [0.25, 0.3) is 0 Å². The van der Waals surface area contributed by atoms with Gasteiger partial charge < -0.3 is 10.2 Å². The molecule has 4 nitrogen and oxygen atoms in total. The van der Waals surface area contributed by atoms with E-state index in [4.69, 9.17) is 11.6 Å². The Labute approximate surface area is 123 Å². The van der Waals surface area contributed by atoms with Gasteiger partial charge >= 0.3 is 0 Å². The first-order valence-corrected chi connectivity index (χ1v) is 6.83. The van der Waals surface area contributed by atoms with E-state index >= 15 is 0 Å². The average Bonchev–Trinajstić information content (AvgIpc) is 2.61. The summed E-state index contributed by atoms with van der Waals surface area (Å²) in [4.78, 5) is 25.4. The fourth-order valence-electron chi connectivity index (χ4n) is 2.06. The van der Waals surface area contributed by atoms with Crippen LogP contribution in [-0.4, -0.2) is 30.8 Å². The summed E-state index contributed by atoms with van der Waals surface area (Å²) < 4.78 is 0. The Morgan fingerprint density at radius 1 is 1.40 bits per heavy atom. The second kappa shape index (κ2) is 5.77. The molecule has 2 rings (SSSR count). The van der Waals surface area contributed by atoms with Crippen molar-refractivity contribution in [2.24, 2.45) is 0 Å². The predicted octanol–water partition coefficient (Wildman–Crippen LogP) is 2.42. The van der Waals surface area contributed by atoms with Crippen LogP contribution in [0, 0.1) is 0 Å². The van der Waals surface area contributed by atoms with Crippen molar-refractivity contribution >= 4 is 29.0 Å². The summed E-state index contributed by atoms with van der Waals surface area (Å²) in [7, 11) is 0. The normalized spacial score (nSPS) is 14.1. The van der Waals surface area contributed by atoms with Crippen molar-refractivity contribution in [3.8, 4) is 0 Å². The van der Waals surface area contributed by atoms with E-state index in [9.17, 15) is 9.59 Å². The quantitative estimate of drug-likeness (QED) is 0.670. The molecule has 0 spiro atoms. The van der Waals surface area contributed by atoms with Crippen molar-refractivity contribution in [1.29, 1.82) is 0 Å². The third-order valence-electron chi connectivity index (χ3n) is 3.08. The van der Waals surface area contributed by atoms with Gasteiger partial charge in [-0.2, -0.15) is 0 Å². The molecule has 0 saturated carbocycles. The number of ketones is 1. The largest absolute Gasteiger partial charge is 0.311 e. The molecule has 0 aliphatic carbocycles. The first kappa shape index (κ1) is 14.8. The highest BCUT2D eigenvalue weighted by Crippen LogP contribution is 2.31. The lowest BCUT2D eigenvalue weighted by molar-refractivity contribution is -0.114. The third kappa shape index (κ3) is 2.92. The number of carbonyl (C=O) groups excluding carboxylic acids is 2. The number of rotatable bonds is 5. The molecular weight excluding hydrogens is 276 g/mol. The summed E-state index contributed by atoms with van der Waals surface area (Å²) in [6.45, 7) is 8.96. The molecule has 0 bridgehead atoms. The number of benzene rings is 1. The fourth-order valence-corrected chi connectivity index (χ4v) is 2.23. The van der Waals surface area contributed by atoms with Crippen molar-refractivity contribution in [1.82, 2.24) is 5.32 Å². The van der Waals surface area contributed by atoms with Gasteiger partial charge in [-0.25, -0.2) is 0 Å². The number of nitrogens with zero attached hydrogens (tertiary/aromatic N) is 1. The van der Waals surface area contributed by atoms with Gasteiger partial charge in [0.05, 0.1) is 11.3 Å². The molecule has 1 aliphatic heterocycles. The summed E-state index contributed by atoms with van der Waals surface area (Å²) in [5.74, 6) is -1.03. The molecule has 1 aliphatic rings. The topological polar surface area (TPSA) is 49.4 Å². The highest BCUT2D eigenvalue weighted by Gasteiger charge is 2.35. The SMILES string of the molecule is C=C(CNC(C)C)CN1C(=O)C(=O)c2cc(Cl)ccc21. The summed E-state index contributed by atoms with van der Waals surface area (Å²) >= 11 is 5.86. The van der Waals surface area contributed by atoms with Crippen LogP contribution in [0.2, 0.25) is 5.02 Å². The zero-order valence-corrected chi connectivity index (χ0v) is 12.3. The Balaban J connectivity index is 2.16. The predicted molar refractivity (Wildman–Crippen MR) is 80.4 cm³/mol. The van der Waals surface area contributed by atoms with Crippen molar-refractivity contribution in [2.45, 2.75) is 19.9 Å². The van der Waals surface area contributed by atoms with Crippen LogP contribution >= 0.6 is 11.6 Å². The van der Waals surface area contributed by atoms with Gasteiger partial charge in [0, 0.05) is 24.2 Å². The van der Waals surface area contributed by atoms with E-state index in [1.165, 1.54) is 11.0 Å². The van der Waals surface area contributed by atoms with E-state index in [0.29, 0.717) is 35.4 Å². The van der Waals surface area contributed by atoms with Crippen LogP contribution in [-0.2, 0) is 4.79 Å². The van der Waals surface area contributed by atoms with Crippen LogP contribution in [0.3, 0.4) is 0 Å². The average molecular weight is 293 g/mol. The van der Waals surface area contributed by atoms with Gasteiger partial charge in [0.25, 0.3) is 11.7 Å². The second-order valence-corrected chi connectivity index (χ2v) is 5.60. The lowest BCUT2D eigenvalue weighted by atomic mass is 10.1. The molecule has 1 aromatic rings. The maximum Gasteiger partial charge on any atom is 0.299 e. The molecule has 0 atom stereocenters. The number of hydrogen-bond donors (Lipinski definition) is 1. The highest BCUT2D eigenvalue weighted by molar-refractivity contribution is 6.52. The van der Waals surface area contributed by atoms with E-state index in [-0.39, 0.29) is 0 Å². The molecule has 106 valence electrons. The van der Waals surface area contributed by atoms with E-state index in [2.05, 4.69) is 11.9 Å². The van der Waals surface area contributed by atoms with Gasteiger partial charge in [0.1, 0.15) is 0 Å². The van der Waals surface area contributed by atoms with Crippen LogP contribution in [0.4, 0.5) is 5.69 Å². The van der Waals surface area contributed by atoms with E-state index in [1.807, 2.05) is 13.8 Å². The first-order chi connectivity index (χ1) is 9.40. The fraction of sp³-hybridized carbons (Fsp3) is 0.333. The van der Waals surface area contributed by atoms with Gasteiger partial charge in [-0.05, 0) is 23.8 Å². The number of hydrogen-bond acceptors (Lipinski definition) is 3. The molecule has 1 amide bonds. The number of fused-ring (bicyclic) bond motifs is 1. The number of nitrogens with one attached hydrogen (secondary N) is 1. The number of halogens is 1. The van der Waals surface area contributed by atoms with Crippen molar-refractivity contribution in [3.63, 3.8) is 0 Å². The van der Waals surface area contributed by atoms with Gasteiger partial charge in [-0.1, -0.05) is 32.0 Å². The molecule has 0 aromatic heterocycles. The third-order valence-corrected chi connectivity index (χ3v) is 3.31. The zero-order valence-electron chi connectivity index (χ0n) is 11.6. The molecule has 20 heavy (non-hydrogen) atoms. The second-order valence-electron chi connectivity index (χ2n) is 5.17. The number of Topliss-reactive ketones (excluding diaryl/α,β-unsaturated/α-hetero) is 1. The lowest BCUT2D eigenvalue weighted by Gasteiger charge is -2.19. The Kier molecular flexibility index (Phi) is 4.26. The van der Waals surface area contributed by atoms with Crippen LogP contribution in [0.1, 0.15) is 24.2 Å². The van der Waals surface area contributed by atoms with Crippen molar-refractivity contribution < 1.29 is 9.59 Å². The minimum atomic E-state index is -0.520. The van der Waals surface area contributed by atoms with Crippen molar-refractivity contribution in [2.75, 3.05) is 18.0 Å². The maximum absolute atomic E-state index is 12.0. The van der Waals surface area contributed by atoms with Gasteiger partial charge in [0.2, 0.25) is 0 Å². The van der Waals surface area contributed by atoms with Gasteiger partial charge in [-0.15, -0.1) is 0 Å². The molecule has 0 saturated heterocycles. The number of carbonyl (C=O) groups is 2. The monoisotopic (exact) mass is 292 g/mol. The summed E-state index contributed by atoms with van der Waals surface area (Å²) in [5, 5.41) is 3.69. The number of anilines is 1. The molecule has 1 N–H and O–H groups in total. The van der Waals surface area contributed by atoms with E-state index in [1.54, 1.807) is 12.1 Å². The molecule has 0 fully saturated rings. The highest BCUT2D eigenvalue weighted by atomic mass is 35.5. The van der Waals surface area contributed by atoms with Crippen LogP contribution in [0.15, 0.2) is 30.4 Å². The Bertz CT molecular complexity index is 581. The molecule has 5 heteroatoms. The van der Waals surface area contributed by atoms with Gasteiger partial charge in [0.15, 0.2) is 0 Å². The molecular formula is C15H17ClN2O2. The van der Waals surface area contributed by atoms with E-state index in [0.717, 1.165) is 5.57 Å². The smallest absolute Gasteiger partial charge is 0.299 e. The van der Waals surface area contributed by atoms with E-state index < -0.39 is 11.7 Å². The number of amides is 1. The molecule has 1 heterocycles. The standard InChI is InChI=1S/C15H17ClN2O2/c1-9(2)17-7-10(3)8-18-13-5-4-11(16)6-12(13)14(19)15(18)20/h4-6,9,17H,3,7-8H2,1-2H3. The van der Waals surface area contributed by atoms with Gasteiger partial charge in [-0.3, -0.25) is 9.59 Å². The van der Waals surface area contributed by atoms with Crippen molar-refractivity contribution in [3.05, 3.63) is 40.9 Å². The summed E-state index contributed by atoms with van der Waals surface area (Å²) in [5.41, 5.74) is 1.82. The minimum absolute atomic E-state index is 0.332. The Morgan fingerprint density at radius 2 is 2.10 bits per heavy atom. The van der Waals surface area contributed by atoms with Crippen LogP contribution in [0.5, 0.6) is 0 Å².